The van der Waals surface area contributed by atoms with E-state index in [4.69, 9.17) is 9.84 Å². The largest absolute Gasteiger partial charge is 0.488 e. The highest BCUT2D eigenvalue weighted by atomic mass is 19.2. The maximum Gasteiger partial charge on any atom is 0.333 e. The molecule has 2 bridgehead atoms. The third-order valence-corrected chi connectivity index (χ3v) is 6.28. The van der Waals surface area contributed by atoms with Crippen LogP contribution in [-0.4, -0.2) is 65.4 Å². The lowest BCUT2D eigenvalue weighted by Gasteiger charge is -2.43. The van der Waals surface area contributed by atoms with Crippen molar-refractivity contribution in [3.63, 3.8) is 0 Å². The monoisotopic (exact) mass is 490 g/mol. The van der Waals surface area contributed by atoms with Gasteiger partial charge < -0.3 is 25.2 Å². The molecule has 7 nitrogen and oxygen atoms in total. The first-order chi connectivity index (χ1) is 16.8. The molecule has 2 aliphatic heterocycles. The number of aliphatic carboxylic acids is 1. The van der Waals surface area contributed by atoms with E-state index in [-0.39, 0.29) is 24.8 Å². The molecule has 2 aromatic carbocycles. The van der Waals surface area contributed by atoms with Crippen molar-refractivity contribution in [2.45, 2.75) is 31.3 Å². The number of ether oxygens (including phenoxy) is 1. The Morgan fingerprint density at radius 3 is 2.46 bits per heavy atom. The number of carbonyl (C=O) groups excluding carboxylic acids is 1. The summed E-state index contributed by atoms with van der Waals surface area (Å²) in [6.07, 6.45) is 1.39. The molecule has 0 aromatic heterocycles. The molecule has 0 radical (unpaired) electrons. The molecule has 4 rings (SSSR count). The van der Waals surface area contributed by atoms with E-state index in [9.17, 15) is 27.9 Å². The Morgan fingerprint density at radius 2 is 1.77 bits per heavy atom. The standard InChI is InChI=1S/C25H25F3N2O5/c26-18-7-8-19(27)24(23(18)28)35-9-1-2-14-3-5-15(6-4-14)17-10-16-11-30(21(32)13-31)12-20(29-16)22(17)25(33)34/h3-8,16,20,29,31H,1-2,9-13H2,(H,33,34)/t16-,20-/m1/s1. The van der Waals surface area contributed by atoms with E-state index in [1.165, 1.54) is 4.90 Å². The fourth-order valence-electron chi connectivity index (χ4n) is 4.63. The zero-order chi connectivity index (χ0) is 25.1. The van der Waals surface area contributed by atoms with Gasteiger partial charge in [0.25, 0.3) is 0 Å². The summed E-state index contributed by atoms with van der Waals surface area (Å²) in [5, 5.41) is 22.3. The van der Waals surface area contributed by atoms with Crippen molar-refractivity contribution in [3.05, 3.63) is 70.5 Å². The first kappa shape index (κ1) is 24.7. The number of benzene rings is 2. The highest BCUT2D eigenvalue weighted by Gasteiger charge is 2.39. The summed E-state index contributed by atoms with van der Waals surface area (Å²) < 4.78 is 45.7. The number of amides is 1. The SMILES string of the molecule is O=C(O)C1=C(c2ccc(CCCOc3c(F)ccc(F)c3F)cc2)C[C@@H]2CN(C(=O)CO)C[C@H]1N2. The fourth-order valence-corrected chi connectivity index (χ4v) is 4.63. The molecule has 186 valence electrons. The first-order valence-corrected chi connectivity index (χ1v) is 11.2. The van der Waals surface area contributed by atoms with Crippen LogP contribution >= 0.6 is 0 Å². The number of aryl methyl sites for hydroxylation is 1. The number of carbonyl (C=O) groups is 2. The molecule has 2 aromatic rings. The lowest BCUT2D eigenvalue weighted by molar-refractivity contribution is -0.138. The van der Waals surface area contributed by atoms with Crippen LogP contribution in [0, 0.1) is 17.5 Å². The summed E-state index contributed by atoms with van der Waals surface area (Å²) in [6.45, 7) is -0.0645. The van der Waals surface area contributed by atoms with Crippen molar-refractivity contribution in [2.24, 2.45) is 0 Å². The Bertz CT molecular complexity index is 1150. The molecule has 0 saturated carbocycles. The second kappa shape index (κ2) is 10.5. The third kappa shape index (κ3) is 5.33. The summed E-state index contributed by atoms with van der Waals surface area (Å²) in [5.74, 6) is -5.72. The van der Waals surface area contributed by atoms with Gasteiger partial charge in [0, 0.05) is 19.1 Å². The van der Waals surface area contributed by atoms with Crippen LogP contribution < -0.4 is 10.1 Å². The number of hydrogen-bond acceptors (Lipinski definition) is 5. The van der Waals surface area contributed by atoms with Gasteiger partial charge in [-0.25, -0.2) is 13.6 Å². The lowest BCUT2D eigenvalue weighted by atomic mass is 9.83. The van der Waals surface area contributed by atoms with Gasteiger partial charge in [0.1, 0.15) is 6.61 Å². The van der Waals surface area contributed by atoms with Gasteiger partial charge in [-0.2, -0.15) is 4.39 Å². The molecule has 0 aliphatic carbocycles. The highest BCUT2D eigenvalue weighted by Crippen LogP contribution is 2.33. The number of fused-ring (bicyclic) bond motifs is 2. The maximum absolute atomic E-state index is 13.7. The Hall–Kier alpha value is -3.37. The number of piperazine rings is 1. The van der Waals surface area contributed by atoms with Crippen LogP contribution in [0.15, 0.2) is 42.0 Å². The Kier molecular flexibility index (Phi) is 7.42. The summed E-state index contributed by atoms with van der Waals surface area (Å²) in [7, 11) is 0. The number of aliphatic hydroxyl groups excluding tert-OH is 1. The molecule has 0 spiro atoms. The minimum Gasteiger partial charge on any atom is -0.488 e. The molecular weight excluding hydrogens is 465 g/mol. The van der Waals surface area contributed by atoms with Crippen LogP contribution in [0.5, 0.6) is 5.75 Å². The molecule has 2 aliphatic rings. The molecule has 3 N–H and O–H groups in total. The Morgan fingerprint density at radius 1 is 1.06 bits per heavy atom. The van der Waals surface area contributed by atoms with Gasteiger partial charge in [0.2, 0.25) is 11.7 Å². The van der Waals surface area contributed by atoms with Gasteiger partial charge in [0.05, 0.1) is 18.2 Å². The fraction of sp³-hybridized carbons (Fsp3) is 0.360. The van der Waals surface area contributed by atoms with Gasteiger partial charge in [0.15, 0.2) is 17.4 Å². The van der Waals surface area contributed by atoms with Crippen molar-refractivity contribution in [1.82, 2.24) is 10.2 Å². The summed E-state index contributed by atoms with van der Waals surface area (Å²) >= 11 is 0. The number of aliphatic hydroxyl groups is 1. The quantitative estimate of drug-likeness (QED) is 0.389. The number of hydrogen-bond donors (Lipinski definition) is 3. The number of rotatable bonds is 8. The van der Waals surface area contributed by atoms with Crippen LogP contribution in [0.3, 0.4) is 0 Å². The van der Waals surface area contributed by atoms with Gasteiger partial charge in [-0.1, -0.05) is 24.3 Å². The molecule has 2 atom stereocenters. The third-order valence-electron chi connectivity index (χ3n) is 6.28. The predicted molar refractivity (Wildman–Crippen MR) is 120 cm³/mol. The van der Waals surface area contributed by atoms with E-state index >= 15 is 0 Å². The van der Waals surface area contributed by atoms with E-state index in [2.05, 4.69) is 5.32 Å². The lowest BCUT2D eigenvalue weighted by Crippen LogP contribution is -2.61. The Balaban J connectivity index is 1.42. The Labute approximate surface area is 199 Å². The second-order valence-corrected chi connectivity index (χ2v) is 8.60. The minimum absolute atomic E-state index is 0.00848. The molecule has 1 saturated heterocycles. The van der Waals surface area contributed by atoms with Gasteiger partial charge in [-0.05, 0) is 48.1 Å². The maximum atomic E-state index is 13.7. The second-order valence-electron chi connectivity index (χ2n) is 8.60. The number of carboxylic acid groups (broad SMARTS) is 1. The molecular formula is C25H25F3N2O5. The smallest absolute Gasteiger partial charge is 0.333 e. The van der Waals surface area contributed by atoms with Crippen LogP contribution in [0.1, 0.15) is 24.0 Å². The van der Waals surface area contributed by atoms with Crippen LogP contribution in [0.25, 0.3) is 5.57 Å². The van der Waals surface area contributed by atoms with Crippen LogP contribution in [-0.2, 0) is 16.0 Å². The minimum atomic E-state index is -1.35. The van der Waals surface area contributed by atoms with E-state index < -0.39 is 47.7 Å². The van der Waals surface area contributed by atoms with E-state index in [1.807, 2.05) is 24.3 Å². The zero-order valence-electron chi connectivity index (χ0n) is 18.8. The first-order valence-electron chi connectivity index (χ1n) is 11.2. The van der Waals surface area contributed by atoms with Crippen molar-refractivity contribution >= 4 is 17.4 Å². The zero-order valence-corrected chi connectivity index (χ0v) is 18.8. The number of halogens is 3. The van der Waals surface area contributed by atoms with E-state index in [1.54, 1.807) is 0 Å². The van der Waals surface area contributed by atoms with Crippen molar-refractivity contribution in [1.29, 1.82) is 0 Å². The molecule has 1 fully saturated rings. The van der Waals surface area contributed by atoms with Gasteiger partial charge in [-0.3, -0.25) is 4.79 Å². The summed E-state index contributed by atoms with van der Waals surface area (Å²) in [6, 6.07) is 8.22. The predicted octanol–water partition coefficient (Wildman–Crippen LogP) is 2.52. The van der Waals surface area contributed by atoms with Crippen molar-refractivity contribution in [3.8, 4) is 5.75 Å². The van der Waals surface area contributed by atoms with Crippen LogP contribution in [0.4, 0.5) is 13.2 Å². The average molecular weight is 490 g/mol. The molecule has 2 heterocycles. The molecule has 0 unspecified atom stereocenters. The number of nitrogens with one attached hydrogen (secondary N) is 1. The molecule has 1 amide bonds. The van der Waals surface area contributed by atoms with Crippen molar-refractivity contribution < 1.29 is 37.7 Å². The van der Waals surface area contributed by atoms with Crippen molar-refractivity contribution in [2.75, 3.05) is 26.3 Å². The normalized spacial score (nSPS) is 19.6. The molecule has 35 heavy (non-hydrogen) atoms. The number of nitrogens with zero attached hydrogens (tertiary/aromatic N) is 1. The highest BCUT2D eigenvalue weighted by molar-refractivity contribution is 5.98. The summed E-state index contributed by atoms with van der Waals surface area (Å²) in [4.78, 5) is 25.5. The van der Waals surface area contributed by atoms with Gasteiger partial charge >= 0.3 is 5.97 Å². The topological polar surface area (TPSA) is 99.1 Å². The van der Waals surface area contributed by atoms with E-state index in [0.717, 1.165) is 17.2 Å². The molecule has 10 heteroatoms. The summed E-state index contributed by atoms with van der Waals surface area (Å²) in [5.41, 5.74) is 2.60. The van der Waals surface area contributed by atoms with Crippen LogP contribution in [0.2, 0.25) is 0 Å². The van der Waals surface area contributed by atoms with E-state index in [0.29, 0.717) is 37.4 Å². The number of carboxylic acids is 1. The van der Waals surface area contributed by atoms with Gasteiger partial charge in [-0.15, -0.1) is 0 Å². The average Bonchev–Trinajstić information content (AvgIpc) is 2.85.